The highest BCUT2D eigenvalue weighted by Gasteiger charge is 2.27. The number of nitrogens with zero attached hydrogens (tertiary/aromatic N) is 1. The molecule has 0 aromatic heterocycles. The van der Waals surface area contributed by atoms with Crippen molar-refractivity contribution >= 4 is 17.6 Å². The molecule has 1 N–H and O–H groups in total. The van der Waals surface area contributed by atoms with Crippen molar-refractivity contribution in [2.75, 3.05) is 11.4 Å². The highest BCUT2D eigenvalue weighted by atomic mass is 16.4. The van der Waals surface area contributed by atoms with Gasteiger partial charge in [0.2, 0.25) is 5.91 Å². The Hall–Kier alpha value is -1.84. The van der Waals surface area contributed by atoms with Gasteiger partial charge in [-0.25, -0.2) is 4.79 Å². The van der Waals surface area contributed by atoms with E-state index in [0.717, 1.165) is 30.5 Å². The number of benzene rings is 1. The van der Waals surface area contributed by atoms with E-state index in [9.17, 15) is 14.7 Å². The minimum Gasteiger partial charge on any atom is -0.478 e. The smallest absolute Gasteiger partial charge is 0.336 e. The molecule has 1 aromatic carbocycles. The molecule has 0 fully saturated rings. The predicted octanol–water partition coefficient (Wildman–Crippen LogP) is 2.71. The number of hydrogen-bond donors (Lipinski definition) is 1. The second kappa shape index (κ2) is 5.43. The summed E-state index contributed by atoms with van der Waals surface area (Å²) in [5.74, 6) is -0.861. The molecule has 0 spiro atoms. The lowest BCUT2D eigenvalue weighted by atomic mass is 9.95. The van der Waals surface area contributed by atoms with Crippen LogP contribution in [0.3, 0.4) is 0 Å². The van der Waals surface area contributed by atoms with Gasteiger partial charge in [-0.1, -0.05) is 19.9 Å². The molecule has 1 aliphatic rings. The number of aromatic carboxylic acids is 1. The van der Waals surface area contributed by atoms with Gasteiger partial charge in [0.1, 0.15) is 0 Å². The van der Waals surface area contributed by atoms with Gasteiger partial charge in [0, 0.05) is 18.2 Å². The summed E-state index contributed by atoms with van der Waals surface area (Å²) in [7, 11) is 0. The van der Waals surface area contributed by atoms with Gasteiger partial charge >= 0.3 is 5.97 Å². The maximum absolute atomic E-state index is 12.4. The third-order valence-corrected chi connectivity index (χ3v) is 3.78. The summed E-state index contributed by atoms with van der Waals surface area (Å²) >= 11 is 0. The van der Waals surface area contributed by atoms with Crippen LogP contribution in [0.15, 0.2) is 18.2 Å². The van der Waals surface area contributed by atoms with Gasteiger partial charge in [-0.2, -0.15) is 0 Å². The van der Waals surface area contributed by atoms with Gasteiger partial charge in [0.25, 0.3) is 0 Å². The number of amides is 1. The van der Waals surface area contributed by atoms with Crippen LogP contribution in [-0.2, 0) is 11.2 Å². The van der Waals surface area contributed by atoms with Gasteiger partial charge in [0.15, 0.2) is 0 Å². The Morgan fingerprint density at radius 3 is 2.79 bits per heavy atom. The maximum atomic E-state index is 12.4. The van der Waals surface area contributed by atoms with E-state index in [-0.39, 0.29) is 11.8 Å². The molecular formula is C15H19NO3. The summed E-state index contributed by atoms with van der Waals surface area (Å²) in [6.45, 7) is 4.58. The molecule has 0 aliphatic carbocycles. The van der Waals surface area contributed by atoms with Gasteiger partial charge in [-0.05, 0) is 37.0 Å². The molecule has 1 unspecified atom stereocenters. The second-order valence-electron chi connectivity index (χ2n) is 5.01. The number of rotatable bonds is 3. The largest absolute Gasteiger partial charge is 0.478 e. The van der Waals surface area contributed by atoms with E-state index < -0.39 is 5.97 Å². The van der Waals surface area contributed by atoms with Crippen LogP contribution in [0.4, 0.5) is 5.69 Å². The van der Waals surface area contributed by atoms with E-state index in [0.29, 0.717) is 12.1 Å². The molecule has 4 heteroatoms. The Kier molecular flexibility index (Phi) is 3.88. The van der Waals surface area contributed by atoms with E-state index in [1.54, 1.807) is 17.0 Å². The van der Waals surface area contributed by atoms with Crippen LogP contribution in [0.25, 0.3) is 0 Å². The lowest BCUT2D eigenvalue weighted by molar-refractivity contribution is -0.122. The molecule has 102 valence electrons. The topological polar surface area (TPSA) is 57.6 Å². The molecule has 1 atom stereocenters. The normalized spacial score (nSPS) is 15.8. The zero-order valence-corrected chi connectivity index (χ0v) is 11.3. The molecule has 0 bridgehead atoms. The zero-order chi connectivity index (χ0) is 14.0. The predicted molar refractivity (Wildman–Crippen MR) is 73.5 cm³/mol. The number of hydrogen-bond acceptors (Lipinski definition) is 2. The number of anilines is 1. The maximum Gasteiger partial charge on any atom is 0.336 e. The first-order valence-electron chi connectivity index (χ1n) is 6.72. The molecule has 1 heterocycles. The van der Waals surface area contributed by atoms with Crippen molar-refractivity contribution in [1.29, 1.82) is 0 Å². The average Bonchev–Trinajstić information content (AvgIpc) is 2.44. The lowest BCUT2D eigenvalue weighted by Gasteiger charge is -2.32. The summed E-state index contributed by atoms with van der Waals surface area (Å²) in [4.78, 5) is 25.3. The van der Waals surface area contributed by atoms with Crippen LogP contribution in [0.5, 0.6) is 0 Å². The summed E-state index contributed by atoms with van der Waals surface area (Å²) in [5.41, 5.74) is 1.88. The van der Waals surface area contributed by atoms with Crippen LogP contribution >= 0.6 is 0 Å². The Morgan fingerprint density at radius 1 is 1.42 bits per heavy atom. The molecule has 1 aromatic rings. The Labute approximate surface area is 113 Å². The fraction of sp³-hybridized carbons (Fsp3) is 0.467. The van der Waals surface area contributed by atoms with Gasteiger partial charge in [-0.3, -0.25) is 4.79 Å². The summed E-state index contributed by atoms with van der Waals surface area (Å²) in [5, 5.41) is 9.22. The number of fused-ring (bicyclic) bond motifs is 1. The molecule has 1 aliphatic heterocycles. The Balaban J connectivity index is 2.43. The number of carbonyl (C=O) groups excluding carboxylic acids is 1. The second-order valence-corrected chi connectivity index (χ2v) is 5.01. The first-order valence-corrected chi connectivity index (χ1v) is 6.72. The third-order valence-electron chi connectivity index (χ3n) is 3.78. The summed E-state index contributed by atoms with van der Waals surface area (Å²) in [6.07, 6.45) is 2.34. The number of carboxylic acids is 1. The quantitative estimate of drug-likeness (QED) is 0.910. The Bertz CT molecular complexity index is 510. The van der Waals surface area contributed by atoms with Crippen molar-refractivity contribution in [2.45, 2.75) is 33.1 Å². The van der Waals surface area contributed by atoms with E-state index in [1.807, 2.05) is 19.9 Å². The average molecular weight is 261 g/mol. The van der Waals surface area contributed by atoms with Gasteiger partial charge in [-0.15, -0.1) is 0 Å². The van der Waals surface area contributed by atoms with Crippen LogP contribution < -0.4 is 4.90 Å². The number of carboxylic acid groups (broad SMARTS) is 1. The van der Waals surface area contributed by atoms with E-state index in [4.69, 9.17) is 0 Å². The zero-order valence-electron chi connectivity index (χ0n) is 11.3. The highest BCUT2D eigenvalue weighted by Crippen LogP contribution is 2.31. The monoisotopic (exact) mass is 261 g/mol. The molecular weight excluding hydrogens is 242 g/mol. The first kappa shape index (κ1) is 13.6. The fourth-order valence-electron chi connectivity index (χ4n) is 2.49. The molecule has 19 heavy (non-hydrogen) atoms. The van der Waals surface area contributed by atoms with Crippen molar-refractivity contribution in [2.24, 2.45) is 5.92 Å². The minimum absolute atomic E-state index is 0.0283. The van der Waals surface area contributed by atoms with Crippen molar-refractivity contribution in [3.05, 3.63) is 29.3 Å². The van der Waals surface area contributed by atoms with E-state index in [1.165, 1.54) is 0 Å². The van der Waals surface area contributed by atoms with Gasteiger partial charge < -0.3 is 10.0 Å². The SMILES string of the molecule is CCC(C)C(=O)N1CCCc2c(C(=O)O)cccc21. The summed E-state index contributed by atoms with van der Waals surface area (Å²) < 4.78 is 0. The molecule has 0 radical (unpaired) electrons. The Morgan fingerprint density at radius 2 is 2.16 bits per heavy atom. The fourth-order valence-corrected chi connectivity index (χ4v) is 2.49. The first-order chi connectivity index (χ1) is 9.06. The van der Waals surface area contributed by atoms with Crippen LogP contribution in [0.2, 0.25) is 0 Å². The standard InChI is InChI=1S/C15H19NO3/c1-3-10(2)14(17)16-9-5-7-11-12(15(18)19)6-4-8-13(11)16/h4,6,8,10H,3,5,7,9H2,1-2H3,(H,18,19). The molecule has 4 nitrogen and oxygen atoms in total. The molecule has 2 rings (SSSR count). The molecule has 0 saturated heterocycles. The van der Waals surface area contributed by atoms with Crippen molar-refractivity contribution in [3.63, 3.8) is 0 Å². The van der Waals surface area contributed by atoms with Crippen LogP contribution in [-0.4, -0.2) is 23.5 Å². The summed E-state index contributed by atoms with van der Waals surface area (Å²) in [6, 6.07) is 5.17. The lowest BCUT2D eigenvalue weighted by Crippen LogP contribution is -2.39. The van der Waals surface area contributed by atoms with Crippen molar-refractivity contribution in [3.8, 4) is 0 Å². The van der Waals surface area contributed by atoms with E-state index >= 15 is 0 Å². The molecule has 1 amide bonds. The molecule has 0 saturated carbocycles. The van der Waals surface area contributed by atoms with Crippen LogP contribution in [0, 0.1) is 5.92 Å². The third kappa shape index (κ3) is 2.48. The van der Waals surface area contributed by atoms with Crippen molar-refractivity contribution in [1.82, 2.24) is 0 Å². The number of carbonyl (C=O) groups is 2. The minimum atomic E-state index is -0.922. The van der Waals surface area contributed by atoms with Gasteiger partial charge in [0.05, 0.1) is 5.56 Å². The van der Waals surface area contributed by atoms with Crippen LogP contribution in [0.1, 0.15) is 42.6 Å². The van der Waals surface area contributed by atoms with Crippen molar-refractivity contribution < 1.29 is 14.7 Å². The van der Waals surface area contributed by atoms with E-state index in [2.05, 4.69) is 0 Å². The highest BCUT2D eigenvalue weighted by molar-refractivity contribution is 5.99.